The number of allylic oxidation sites excluding steroid dienone is 6. The van der Waals surface area contributed by atoms with Crippen molar-refractivity contribution >= 4 is 29.2 Å². The number of ketones is 3. The van der Waals surface area contributed by atoms with Gasteiger partial charge in [-0.2, -0.15) is 0 Å². The molecule has 0 aromatic heterocycles. The molecule has 0 radical (unpaired) electrons. The summed E-state index contributed by atoms with van der Waals surface area (Å²) in [6.45, 7) is 14.9. The normalized spacial score (nSPS) is 26.2. The summed E-state index contributed by atoms with van der Waals surface area (Å²) in [5.74, 6) is -6.20. The third kappa shape index (κ3) is 15.3. The summed E-state index contributed by atoms with van der Waals surface area (Å²) in [6, 6.07) is -1.03. The predicted octanol–water partition coefficient (Wildman–Crippen LogP) is 7.55. The number of aliphatic hydroxyl groups excluding tert-OH is 2. The average molecular weight is 826 g/mol. The number of hydrogen-bond acceptors (Lipinski definition) is 10. The number of carbonyl (C=O) groups excluding carboxylic acids is 5. The minimum atomic E-state index is -2.24. The molecule has 11 heteroatoms. The van der Waals surface area contributed by atoms with Crippen LogP contribution in [-0.2, 0) is 33.4 Å². The lowest BCUT2D eigenvalue weighted by Crippen LogP contribution is -2.59. The van der Waals surface area contributed by atoms with Gasteiger partial charge in [-0.1, -0.05) is 103 Å². The highest BCUT2D eigenvalue weighted by atomic mass is 16.6. The monoisotopic (exact) mass is 826 g/mol. The van der Waals surface area contributed by atoms with Crippen LogP contribution in [0.4, 0.5) is 0 Å². The maximum Gasteiger partial charge on any atom is 0.329 e. The molecule has 3 fully saturated rings. The van der Waals surface area contributed by atoms with Crippen molar-refractivity contribution in [1.29, 1.82) is 0 Å². The van der Waals surface area contributed by atoms with E-state index in [2.05, 4.69) is 0 Å². The Kier molecular flexibility index (Phi) is 20.6. The Bertz CT molecular complexity index is 1540. The fourth-order valence-corrected chi connectivity index (χ4v) is 8.60. The molecule has 0 bridgehead atoms. The fourth-order valence-electron chi connectivity index (χ4n) is 8.60. The first-order valence-corrected chi connectivity index (χ1v) is 22.4. The van der Waals surface area contributed by atoms with Crippen LogP contribution in [0.3, 0.4) is 0 Å². The molecule has 3 rings (SSSR count). The molecular weight excluding hydrogens is 751 g/mol. The second kappa shape index (κ2) is 24.3. The Morgan fingerprint density at radius 1 is 0.831 bits per heavy atom. The molecule has 1 saturated carbocycles. The van der Waals surface area contributed by atoms with E-state index in [-0.39, 0.29) is 55.3 Å². The molecule has 10 atom stereocenters. The molecule has 2 aliphatic heterocycles. The van der Waals surface area contributed by atoms with Gasteiger partial charge in [0.15, 0.2) is 0 Å². The van der Waals surface area contributed by atoms with Crippen molar-refractivity contribution in [3.8, 4) is 0 Å². The van der Waals surface area contributed by atoms with E-state index in [4.69, 9.17) is 9.47 Å². The molecule has 3 N–H and O–H groups in total. The third-order valence-corrected chi connectivity index (χ3v) is 13.0. The van der Waals surface area contributed by atoms with Crippen LogP contribution in [0, 0.1) is 35.5 Å². The van der Waals surface area contributed by atoms with E-state index < -0.39 is 59.6 Å². The van der Waals surface area contributed by atoms with Crippen LogP contribution in [0.1, 0.15) is 145 Å². The number of piperidine rings is 1. The highest BCUT2D eigenvalue weighted by molar-refractivity contribution is 6.39. The van der Waals surface area contributed by atoms with E-state index in [0.29, 0.717) is 50.0 Å². The number of aliphatic hydroxyl groups is 3. The van der Waals surface area contributed by atoms with Gasteiger partial charge < -0.3 is 29.7 Å². The van der Waals surface area contributed by atoms with Gasteiger partial charge in [-0.15, -0.1) is 0 Å². The van der Waals surface area contributed by atoms with Gasteiger partial charge in [-0.25, -0.2) is 4.79 Å². The van der Waals surface area contributed by atoms with Crippen LogP contribution in [0.5, 0.6) is 0 Å². The largest absolute Gasteiger partial charge is 0.460 e. The molecular formula is C48H75NO10. The lowest BCUT2D eigenvalue weighted by atomic mass is 9.80. The van der Waals surface area contributed by atoms with Crippen molar-refractivity contribution in [2.75, 3.05) is 13.2 Å². The molecule has 1 amide bonds. The molecule has 3 aliphatic rings. The van der Waals surface area contributed by atoms with E-state index in [1.54, 1.807) is 33.8 Å². The van der Waals surface area contributed by atoms with E-state index in [0.717, 1.165) is 37.7 Å². The Balaban J connectivity index is 1.67. The predicted molar refractivity (Wildman–Crippen MR) is 229 cm³/mol. The number of rotatable bonds is 21. The molecule has 2 heterocycles. The minimum absolute atomic E-state index is 0.0572. The third-order valence-electron chi connectivity index (χ3n) is 13.0. The number of carbonyl (C=O) groups is 5. The van der Waals surface area contributed by atoms with Crippen LogP contribution in [0.15, 0.2) is 47.6 Å². The van der Waals surface area contributed by atoms with Crippen molar-refractivity contribution < 1.29 is 48.8 Å². The van der Waals surface area contributed by atoms with Crippen LogP contribution >= 0.6 is 0 Å². The first kappa shape index (κ1) is 50.1. The lowest BCUT2D eigenvalue weighted by Gasteiger charge is -2.39. The summed E-state index contributed by atoms with van der Waals surface area (Å²) in [4.78, 5) is 69.2. The first-order valence-electron chi connectivity index (χ1n) is 22.4. The Labute approximate surface area is 353 Å². The molecule has 2 saturated heterocycles. The van der Waals surface area contributed by atoms with E-state index in [9.17, 15) is 39.3 Å². The number of Topliss-reactive ketones (excluding diaryl/α,β-unsaturated/α-hetero) is 3. The van der Waals surface area contributed by atoms with Crippen LogP contribution in [0.25, 0.3) is 0 Å². The van der Waals surface area contributed by atoms with Gasteiger partial charge in [-0.05, 0) is 94.6 Å². The number of amides is 1. The molecule has 0 spiro atoms. The Hall–Kier alpha value is -3.25. The Morgan fingerprint density at radius 3 is 2.17 bits per heavy atom. The average Bonchev–Trinajstić information content (AvgIpc) is 3.20. The molecule has 332 valence electrons. The number of ether oxygens (including phenoxy) is 2. The zero-order valence-electron chi connectivity index (χ0n) is 37.2. The maximum absolute atomic E-state index is 14.0. The molecule has 0 unspecified atom stereocenters. The minimum Gasteiger partial charge on any atom is -0.460 e. The van der Waals surface area contributed by atoms with Crippen molar-refractivity contribution in [1.82, 2.24) is 4.90 Å². The number of hydrogen-bond donors (Lipinski definition) is 3. The van der Waals surface area contributed by atoms with Crippen molar-refractivity contribution in [3.63, 3.8) is 0 Å². The summed E-state index contributed by atoms with van der Waals surface area (Å²) in [5, 5.41) is 31.7. The van der Waals surface area contributed by atoms with Gasteiger partial charge in [0.1, 0.15) is 23.7 Å². The summed E-state index contributed by atoms with van der Waals surface area (Å²) >= 11 is 0. The van der Waals surface area contributed by atoms with Gasteiger partial charge in [0.05, 0.1) is 18.8 Å². The van der Waals surface area contributed by atoms with Gasteiger partial charge in [0.2, 0.25) is 5.79 Å². The van der Waals surface area contributed by atoms with E-state index in [1.807, 2.05) is 58.1 Å². The van der Waals surface area contributed by atoms with Gasteiger partial charge >= 0.3 is 5.97 Å². The van der Waals surface area contributed by atoms with Crippen LogP contribution in [-0.4, -0.2) is 92.7 Å². The molecule has 1 aliphatic carbocycles. The zero-order chi connectivity index (χ0) is 43.9. The van der Waals surface area contributed by atoms with Gasteiger partial charge in [0.25, 0.3) is 11.7 Å². The lowest BCUT2D eigenvalue weighted by molar-refractivity contribution is -0.241. The van der Waals surface area contributed by atoms with Gasteiger partial charge in [-0.3, -0.25) is 19.2 Å². The fraction of sp³-hybridized carbons (Fsp3) is 0.729. The van der Waals surface area contributed by atoms with Gasteiger partial charge in [0, 0.05) is 37.1 Å². The summed E-state index contributed by atoms with van der Waals surface area (Å²) in [7, 11) is 0. The SMILES string of the molecule is C\C(=C/C=C/C=C/[C@@H](C)C[C@@H](C)C(=O)C[C@H](O)/C(C)=C/[C@@H](C)C(=O)C[C@H](OC(=O)[C@@H]1CCCCN1C(=O)C(=O)[C@]1(O)OCCC[C@H]1C)[C@H](C)CC1CCCCC1)[C@H](C)O. The smallest absolute Gasteiger partial charge is 0.329 e. The van der Waals surface area contributed by atoms with Crippen molar-refractivity contribution in [2.24, 2.45) is 35.5 Å². The highest BCUT2D eigenvalue weighted by Gasteiger charge is 2.51. The van der Waals surface area contributed by atoms with Crippen LogP contribution in [0.2, 0.25) is 0 Å². The Morgan fingerprint density at radius 2 is 1.51 bits per heavy atom. The maximum atomic E-state index is 14.0. The molecule has 11 nitrogen and oxygen atoms in total. The van der Waals surface area contributed by atoms with Crippen molar-refractivity contribution in [2.45, 2.75) is 175 Å². The highest BCUT2D eigenvalue weighted by Crippen LogP contribution is 2.34. The van der Waals surface area contributed by atoms with Crippen molar-refractivity contribution in [3.05, 3.63) is 47.6 Å². The summed E-state index contributed by atoms with van der Waals surface area (Å²) < 4.78 is 11.6. The topological polar surface area (TPSA) is 168 Å². The number of likely N-dealkylation sites (tertiary alicyclic amines) is 1. The second-order valence-electron chi connectivity index (χ2n) is 18.1. The number of nitrogens with zero attached hydrogens (tertiary/aromatic N) is 1. The van der Waals surface area contributed by atoms with E-state index in [1.165, 1.54) is 11.3 Å². The summed E-state index contributed by atoms with van der Waals surface area (Å²) in [6.07, 6.45) is 18.6. The second-order valence-corrected chi connectivity index (χ2v) is 18.1. The van der Waals surface area contributed by atoms with E-state index >= 15 is 0 Å². The quantitative estimate of drug-likeness (QED) is 0.0455. The first-order chi connectivity index (χ1) is 27.8. The standard InChI is InChI=1S/C48H75NO10/c1-31(18-11-9-12-19-32(2)38(8)50)26-33(3)41(51)29-42(52)34(4)27-35(5)43(53)30-44(36(6)28-39-21-13-10-14-22-39)59-47(56)40-23-15-16-24-49(40)46(55)45(54)48(57)37(7)20-17-25-58-48/h9,11-12,18-19,27,31,33,35-40,42,44,50,52,57H,10,13-17,20-26,28-30H2,1-8H3/b12-9+,18-11+,32-19+,34-27+/t31-,33-,35-,36-,37-,38+,40+,42+,44+,48-/m1/s1. The zero-order valence-corrected chi connectivity index (χ0v) is 37.2. The molecule has 0 aromatic carbocycles. The molecule has 0 aromatic rings. The summed E-state index contributed by atoms with van der Waals surface area (Å²) in [5.41, 5.74) is 1.39. The number of esters is 1. The van der Waals surface area contributed by atoms with Crippen LogP contribution < -0.4 is 0 Å². The molecule has 59 heavy (non-hydrogen) atoms.